The monoisotopic (exact) mass is 345 g/mol. The van der Waals surface area contributed by atoms with Gasteiger partial charge in [-0.1, -0.05) is 12.1 Å². The number of nitrogens with one attached hydrogen (secondary N) is 1. The molecule has 0 spiro atoms. The van der Waals surface area contributed by atoms with Crippen molar-refractivity contribution in [3.8, 4) is 5.75 Å². The van der Waals surface area contributed by atoms with E-state index < -0.39 is 11.9 Å². The highest BCUT2D eigenvalue weighted by atomic mass is 16.5. The molecular weight excluding hydrogens is 322 g/mol. The Hall–Kier alpha value is -2.76. The van der Waals surface area contributed by atoms with Gasteiger partial charge in [-0.25, -0.2) is 0 Å². The summed E-state index contributed by atoms with van der Waals surface area (Å²) in [6, 6.07) is 8.95. The van der Waals surface area contributed by atoms with Crippen molar-refractivity contribution in [3.05, 3.63) is 53.0 Å². The molecule has 0 aliphatic heterocycles. The summed E-state index contributed by atoms with van der Waals surface area (Å²) < 4.78 is 10.7. The van der Waals surface area contributed by atoms with E-state index in [4.69, 9.17) is 9.15 Å². The van der Waals surface area contributed by atoms with E-state index in [9.17, 15) is 14.7 Å². The van der Waals surface area contributed by atoms with Crippen molar-refractivity contribution in [3.63, 3.8) is 0 Å². The minimum absolute atomic E-state index is 0.0467. The SMILES string of the molecule is CCOc1ccc(CC(CNC(=O)c2cc(C)oc2C)C(=O)O)cc1. The maximum Gasteiger partial charge on any atom is 0.308 e. The van der Waals surface area contributed by atoms with E-state index in [1.807, 2.05) is 31.2 Å². The lowest BCUT2D eigenvalue weighted by atomic mass is 9.99. The van der Waals surface area contributed by atoms with Gasteiger partial charge in [0.1, 0.15) is 17.3 Å². The highest BCUT2D eigenvalue weighted by molar-refractivity contribution is 5.95. The molecule has 0 bridgehead atoms. The zero-order valence-corrected chi connectivity index (χ0v) is 14.7. The first kappa shape index (κ1) is 18.6. The van der Waals surface area contributed by atoms with E-state index in [-0.39, 0.29) is 12.5 Å². The average Bonchev–Trinajstić information content (AvgIpc) is 2.91. The number of carbonyl (C=O) groups is 2. The van der Waals surface area contributed by atoms with Crippen LogP contribution in [0.1, 0.15) is 34.4 Å². The summed E-state index contributed by atoms with van der Waals surface area (Å²) in [5.41, 5.74) is 1.31. The molecule has 0 fully saturated rings. The number of furan rings is 1. The number of carboxylic acid groups (broad SMARTS) is 1. The summed E-state index contributed by atoms with van der Waals surface area (Å²) in [5.74, 6) is -0.0748. The molecule has 1 aromatic heterocycles. The number of amides is 1. The highest BCUT2D eigenvalue weighted by Gasteiger charge is 2.21. The summed E-state index contributed by atoms with van der Waals surface area (Å²) in [6.07, 6.45) is 0.325. The lowest BCUT2D eigenvalue weighted by molar-refractivity contribution is -0.141. The van der Waals surface area contributed by atoms with Crippen molar-refractivity contribution in [1.29, 1.82) is 0 Å². The van der Waals surface area contributed by atoms with Gasteiger partial charge >= 0.3 is 5.97 Å². The van der Waals surface area contributed by atoms with Crippen LogP contribution >= 0.6 is 0 Å². The minimum Gasteiger partial charge on any atom is -0.494 e. The van der Waals surface area contributed by atoms with Gasteiger partial charge in [-0.2, -0.15) is 0 Å². The standard InChI is InChI=1S/C19H23NO5/c1-4-24-16-7-5-14(6-8-16)10-15(19(22)23)11-20-18(21)17-9-12(2)25-13(17)3/h5-9,15H,4,10-11H2,1-3H3,(H,20,21)(H,22,23). The average molecular weight is 345 g/mol. The first-order valence-electron chi connectivity index (χ1n) is 8.20. The lowest BCUT2D eigenvalue weighted by Gasteiger charge is -2.14. The fourth-order valence-electron chi connectivity index (χ4n) is 2.59. The number of rotatable bonds is 8. The number of carboxylic acids is 1. The quantitative estimate of drug-likeness (QED) is 0.768. The van der Waals surface area contributed by atoms with Crippen molar-refractivity contribution >= 4 is 11.9 Å². The second kappa shape index (κ2) is 8.37. The van der Waals surface area contributed by atoms with Crippen molar-refractivity contribution < 1.29 is 23.8 Å². The van der Waals surface area contributed by atoms with Gasteiger partial charge in [-0.3, -0.25) is 9.59 Å². The molecule has 1 heterocycles. The predicted molar refractivity (Wildman–Crippen MR) is 93.0 cm³/mol. The Morgan fingerprint density at radius 1 is 1.24 bits per heavy atom. The normalized spacial score (nSPS) is 11.8. The van der Waals surface area contributed by atoms with Gasteiger partial charge in [0.2, 0.25) is 0 Å². The number of hydrogen-bond acceptors (Lipinski definition) is 4. The van der Waals surface area contributed by atoms with E-state index in [0.29, 0.717) is 30.1 Å². The molecule has 0 radical (unpaired) electrons. The summed E-state index contributed by atoms with van der Waals surface area (Å²) >= 11 is 0. The van der Waals surface area contributed by atoms with Gasteiger partial charge in [-0.15, -0.1) is 0 Å². The molecule has 2 aromatic rings. The van der Waals surface area contributed by atoms with Gasteiger partial charge in [0, 0.05) is 6.54 Å². The molecule has 0 saturated carbocycles. The predicted octanol–water partition coefficient (Wildman–Crippen LogP) is 2.97. The molecule has 1 atom stereocenters. The van der Waals surface area contributed by atoms with Crippen LogP contribution in [0.4, 0.5) is 0 Å². The van der Waals surface area contributed by atoms with E-state index in [1.54, 1.807) is 19.9 Å². The number of hydrogen-bond donors (Lipinski definition) is 2. The maximum absolute atomic E-state index is 12.2. The zero-order valence-electron chi connectivity index (χ0n) is 14.7. The number of carbonyl (C=O) groups excluding carboxylic acids is 1. The number of benzene rings is 1. The van der Waals surface area contributed by atoms with E-state index in [0.717, 1.165) is 11.3 Å². The molecule has 1 aromatic carbocycles. The fourth-order valence-corrected chi connectivity index (χ4v) is 2.59. The summed E-state index contributed by atoms with van der Waals surface area (Å²) in [6.45, 7) is 5.99. The zero-order chi connectivity index (χ0) is 18.4. The molecule has 2 rings (SSSR count). The summed E-state index contributed by atoms with van der Waals surface area (Å²) in [4.78, 5) is 23.7. The van der Waals surface area contributed by atoms with E-state index >= 15 is 0 Å². The molecule has 134 valence electrons. The summed E-state index contributed by atoms with van der Waals surface area (Å²) in [5, 5.41) is 12.1. The van der Waals surface area contributed by atoms with Gasteiger partial charge in [0.25, 0.3) is 5.91 Å². The Balaban J connectivity index is 1.97. The Bertz CT molecular complexity index is 733. The molecule has 25 heavy (non-hydrogen) atoms. The third-order valence-corrected chi connectivity index (χ3v) is 3.86. The van der Waals surface area contributed by atoms with Crippen LogP contribution in [0.2, 0.25) is 0 Å². The Morgan fingerprint density at radius 2 is 1.92 bits per heavy atom. The van der Waals surface area contributed by atoms with Crippen LogP contribution in [-0.2, 0) is 11.2 Å². The lowest BCUT2D eigenvalue weighted by Crippen LogP contribution is -2.34. The van der Waals surface area contributed by atoms with Crippen LogP contribution in [0.5, 0.6) is 5.75 Å². The second-order valence-electron chi connectivity index (χ2n) is 5.85. The minimum atomic E-state index is -0.950. The highest BCUT2D eigenvalue weighted by Crippen LogP contribution is 2.16. The molecule has 0 aliphatic rings. The third kappa shape index (κ3) is 5.11. The fraction of sp³-hybridized carbons (Fsp3) is 0.368. The van der Waals surface area contributed by atoms with Crippen LogP contribution in [0, 0.1) is 19.8 Å². The van der Waals surface area contributed by atoms with Crippen molar-refractivity contribution in [2.24, 2.45) is 5.92 Å². The molecule has 6 nitrogen and oxygen atoms in total. The first-order chi connectivity index (χ1) is 11.9. The Morgan fingerprint density at radius 3 is 2.44 bits per heavy atom. The molecule has 1 unspecified atom stereocenters. The summed E-state index contributed by atoms with van der Waals surface area (Å²) in [7, 11) is 0. The van der Waals surface area contributed by atoms with Crippen molar-refractivity contribution in [2.75, 3.05) is 13.2 Å². The molecule has 0 aliphatic carbocycles. The van der Waals surface area contributed by atoms with Gasteiger partial charge in [-0.05, 0) is 51.0 Å². The third-order valence-electron chi connectivity index (χ3n) is 3.86. The van der Waals surface area contributed by atoms with E-state index in [2.05, 4.69) is 5.32 Å². The first-order valence-corrected chi connectivity index (χ1v) is 8.20. The van der Waals surface area contributed by atoms with Crippen LogP contribution in [0.3, 0.4) is 0 Å². The second-order valence-corrected chi connectivity index (χ2v) is 5.85. The number of ether oxygens (including phenoxy) is 1. The largest absolute Gasteiger partial charge is 0.494 e. The number of aliphatic carboxylic acids is 1. The maximum atomic E-state index is 12.2. The molecular formula is C19H23NO5. The Kier molecular flexibility index (Phi) is 6.22. The van der Waals surface area contributed by atoms with Crippen molar-refractivity contribution in [1.82, 2.24) is 5.32 Å². The van der Waals surface area contributed by atoms with Crippen LogP contribution in [-0.4, -0.2) is 30.1 Å². The molecule has 2 N–H and O–H groups in total. The smallest absolute Gasteiger partial charge is 0.308 e. The van der Waals surface area contributed by atoms with Crippen LogP contribution in [0.25, 0.3) is 0 Å². The molecule has 6 heteroatoms. The van der Waals surface area contributed by atoms with E-state index in [1.165, 1.54) is 0 Å². The van der Waals surface area contributed by atoms with Gasteiger partial charge in [0.15, 0.2) is 0 Å². The van der Waals surface area contributed by atoms with Crippen LogP contribution < -0.4 is 10.1 Å². The topological polar surface area (TPSA) is 88.8 Å². The number of aryl methyl sites for hydroxylation is 2. The molecule has 0 saturated heterocycles. The molecule has 1 amide bonds. The van der Waals surface area contributed by atoms with Gasteiger partial charge in [0.05, 0.1) is 18.1 Å². The van der Waals surface area contributed by atoms with Gasteiger partial charge < -0.3 is 19.6 Å². The van der Waals surface area contributed by atoms with Crippen molar-refractivity contribution in [2.45, 2.75) is 27.2 Å². The Labute approximate surface area is 146 Å². The van der Waals surface area contributed by atoms with Crippen LogP contribution in [0.15, 0.2) is 34.7 Å².